The number of carboxylic acid groups (broad SMARTS) is 1. The first-order chi connectivity index (χ1) is 10.1. The number of hydrogen-bond acceptors (Lipinski definition) is 3. The van der Waals surface area contributed by atoms with Gasteiger partial charge in [-0.2, -0.15) is 0 Å². The van der Waals surface area contributed by atoms with Crippen LogP contribution in [0.1, 0.15) is 18.4 Å². The fourth-order valence-electron chi connectivity index (χ4n) is 2.70. The van der Waals surface area contributed by atoms with Crippen molar-refractivity contribution >= 4 is 22.7 Å². The summed E-state index contributed by atoms with van der Waals surface area (Å²) in [4.78, 5) is 22.6. The van der Waals surface area contributed by atoms with E-state index < -0.39 is 5.97 Å². The summed E-state index contributed by atoms with van der Waals surface area (Å²) in [5.41, 5.74) is 0.968. The molecule has 1 aliphatic carbocycles. The van der Waals surface area contributed by atoms with Crippen LogP contribution in [-0.4, -0.2) is 17.0 Å². The smallest absolute Gasteiger partial charge is 0.309 e. The van der Waals surface area contributed by atoms with E-state index in [0.29, 0.717) is 12.8 Å². The summed E-state index contributed by atoms with van der Waals surface area (Å²) in [5, 5.41) is 11.0. The van der Waals surface area contributed by atoms with E-state index in [-0.39, 0.29) is 24.4 Å². The highest BCUT2D eigenvalue weighted by molar-refractivity contribution is 5.86. The Bertz CT molecular complexity index is 681. The quantitative estimate of drug-likeness (QED) is 0.877. The lowest BCUT2D eigenvalue weighted by molar-refractivity contribution is -0.159. The van der Waals surface area contributed by atoms with E-state index in [1.807, 2.05) is 42.5 Å². The highest BCUT2D eigenvalue weighted by atomic mass is 16.5. The van der Waals surface area contributed by atoms with Crippen LogP contribution < -0.4 is 0 Å². The minimum atomic E-state index is -0.826. The van der Waals surface area contributed by atoms with Crippen molar-refractivity contribution < 1.29 is 19.4 Å². The Balaban J connectivity index is 1.62. The summed E-state index contributed by atoms with van der Waals surface area (Å²) >= 11 is 0. The van der Waals surface area contributed by atoms with E-state index in [2.05, 4.69) is 0 Å². The molecule has 21 heavy (non-hydrogen) atoms. The van der Waals surface area contributed by atoms with Crippen molar-refractivity contribution in [1.29, 1.82) is 0 Å². The number of carboxylic acids is 1. The van der Waals surface area contributed by atoms with Crippen LogP contribution in [0.5, 0.6) is 0 Å². The predicted octanol–water partition coefficient (Wildman–Crippen LogP) is 2.99. The summed E-state index contributed by atoms with van der Waals surface area (Å²) in [6, 6.07) is 13.8. The van der Waals surface area contributed by atoms with Crippen LogP contribution in [0.4, 0.5) is 0 Å². The lowest BCUT2D eigenvalue weighted by atomic mass is 9.75. The molecule has 0 unspecified atom stereocenters. The molecule has 0 radical (unpaired) electrons. The van der Waals surface area contributed by atoms with Gasteiger partial charge in [0.05, 0.1) is 11.8 Å². The molecule has 2 aromatic rings. The van der Waals surface area contributed by atoms with Crippen LogP contribution in [0.2, 0.25) is 0 Å². The van der Waals surface area contributed by atoms with Crippen LogP contribution in [0.25, 0.3) is 10.8 Å². The minimum Gasteiger partial charge on any atom is -0.481 e. The van der Waals surface area contributed by atoms with Gasteiger partial charge < -0.3 is 9.84 Å². The summed E-state index contributed by atoms with van der Waals surface area (Å²) in [5.74, 6) is -1.77. The van der Waals surface area contributed by atoms with E-state index in [4.69, 9.17) is 9.84 Å². The van der Waals surface area contributed by atoms with Crippen molar-refractivity contribution in [2.75, 3.05) is 0 Å². The molecule has 0 saturated heterocycles. The minimum absolute atomic E-state index is 0.231. The molecule has 4 nitrogen and oxygen atoms in total. The molecular formula is C17H16O4. The van der Waals surface area contributed by atoms with Crippen molar-refractivity contribution in [3.05, 3.63) is 48.0 Å². The lowest BCUT2D eigenvalue weighted by Gasteiger charge is -2.30. The van der Waals surface area contributed by atoms with Crippen molar-refractivity contribution in [2.45, 2.75) is 19.4 Å². The molecule has 0 bridgehead atoms. The summed E-state index contributed by atoms with van der Waals surface area (Å²) < 4.78 is 5.34. The molecule has 1 aliphatic rings. The fourth-order valence-corrected chi connectivity index (χ4v) is 2.70. The molecule has 108 valence electrons. The second-order valence-electron chi connectivity index (χ2n) is 5.45. The molecule has 0 aliphatic heterocycles. The Morgan fingerprint density at radius 2 is 1.76 bits per heavy atom. The summed E-state index contributed by atoms with van der Waals surface area (Å²) in [6.45, 7) is 0.231. The van der Waals surface area contributed by atoms with Gasteiger partial charge in [0.2, 0.25) is 0 Å². The molecule has 3 rings (SSSR count). The van der Waals surface area contributed by atoms with Gasteiger partial charge in [-0.05, 0) is 29.2 Å². The maximum Gasteiger partial charge on any atom is 0.309 e. The Labute approximate surface area is 122 Å². The third-order valence-corrected chi connectivity index (χ3v) is 4.07. The highest BCUT2D eigenvalue weighted by Crippen LogP contribution is 2.35. The molecule has 1 N–H and O–H groups in total. The van der Waals surface area contributed by atoms with Gasteiger partial charge in [-0.15, -0.1) is 0 Å². The Hall–Kier alpha value is -2.36. The van der Waals surface area contributed by atoms with E-state index in [1.165, 1.54) is 0 Å². The fraction of sp³-hybridized carbons (Fsp3) is 0.294. The predicted molar refractivity (Wildman–Crippen MR) is 77.6 cm³/mol. The second kappa shape index (κ2) is 5.56. The SMILES string of the molecule is O=C(O)[C@H]1C[C@@H](C(=O)OCc2cccc3ccccc23)C1. The molecule has 1 fully saturated rings. The standard InChI is InChI=1S/C17H16O4/c18-16(19)13-8-14(9-13)17(20)21-10-12-6-3-5-11-4-1-2-7-15(11)12/h1-7,13-14H,8-10H2,(H,18,19)/t13-,14+. The maximum atomic E-state index is 11.9. The third kappa shape index (κ3) is 2.75. The molecular weight excluding hydrogens is 268 g/mol. The number of rotatable bonds is 4. The van der Waals surface area contributed by atoms with E-state index in [1.54, 1.807) is 0 Å². The van der Waals surface area contributed by atoms with Crippen LogP contribution in [0, 0.1) is 11.8 Å². The average Bonchev–Trinajstić information content (AvgIpc) is 2.43. The number of ether oxygens (including phenoxy) is 1. The van der Waals surface area contributed by atoms with Gasteiger partial charge in [0.1, 0.15) is 6.61 Å². The zero-order chi connectivity index (χ0) is 14.8. The topological polar surface area (TPSA) is 63.6 Å². The molecule has 0 amide bonds. The number of hydrogen-bond donors (Lipinski definition) is 1. The van der Waals surface area contributed by atoms with Crippen molar-refractivity contribution in [3.63, 3.8) is 0 Å². The first-order valence-corrected chi connectivity index (χ1v) is 7.01. The van der Waals surface area contributed by atoms with E-state index >= 15 is 0 Å². The van der Waals surface area contributed by atoms with Gasteiger partial charge in [-0.3, -0.25) is 9.59 Å². The van der Waals surface area contributed by atoms with Gasteiger partial charge in [0.25, 0.3) is 0 Å². The van der Waals surface area contributed by atoms with Gasteiger partial charge in [0.15, 0.2) is 0 Å². The van der Waals surface area contributed by atoms with Crippen molar-refractivity contribution in [1.82, 2.24) is 0 Å². The third-order valence-electron chi connectivity index (χ3n) is 4.07. The Morgan fingerprint density at radius 3 is 2.52 bits per heavy atom. The molecule has 0 heterocycles. The number of carbonyl (C=O) groups is 2. The molecule has 2 aromatic carbocycles. The van der Waals surface area contributed by atoms with Gasteiger partial charge in [-0.25, -0.2) is 0 Å². The van der Waals surface area contributed by atoms with Crippen LogP contribution >= 0.6 is 0 Å². The largest absolute Gasteiger partial charge is 0.481 e. The molecule has 4 heteroatoms. The zero-order valence-electron chi connectivity index (χ0n) is 11.5. The van der Waals surface area contributed by atoms with Gasteiger partial charge in [0, 0.05) is 0 Å². The normalized spacial score (nSPS) is 20.8. The number of benzene rings is 2. The van der Waals surface area contributed by atoms with Crippen LogP contribution in [0.3, 0.4) is 0 Å². The number of aliphatic carboxylic acids is 1. The lowest BCUT2D eigenvalue weighted by Crippen LogP contribution is -2.36. The number of carbonyl (C=O) groups excluding carboxylic acids is 1. The molecule has 0 atom stereocenters. The molecule has 0 spiro atoms. The number of esters is 1. The monoisotopic (exact) mass is 284 g/mol. The van der Waals surface area contributed by atoms with E-state index in [0.717, 1.165) is 16.3 Å². The van der Waals surface area contributed by atoms with Gasteiger partial charge >= 0.3 is 11.9 Å². The average molecular weight is 284 g/mol. The van der Waals surface area contributed by atoms with Crippen LogP contribution in [-0.2, 0) is 20.9 Å². The van der Waals surface area contributed by atoms with Crippen molar-refractivity contribution in [2.24, 2.45) is 11.8 Å². The van der Waals surface area contributed by atoms with Gasteiger partial charge in [-0.1, -0.05) is 42.5 Å². The van der Waals surface area contributed by atoms with Crippen LogP contribution in [0.15, 0.2) is 42.5 Å². The Morgan fingerprint density at radius 1 is 1.05 bits per heavy atom. The molecule has 0 aromatic heterocycles. The summed E-state index contributed by atoms with van der Waals surface area (Å²) in [7, 11) is 0. The van der Waals surface area contributed by atoms with E-state index in [9.17, 15) is 9.59 Å². The first-order valence-electron chi connectivity index (χ1n) is 7.01. The maximum absolute atomic E-state index is 11.9. The first kappa shape index (κ1) is 13.6. The highest BCUT2D eigenvalue weighted by Gasteiger charge is 2.39. The number of fused-ring (bicyclic) bond motifs is 1. The zero-order valence-corrected chi connectivity index (χ0v) is 11.5. The molecule has 1 saturated carbocycles. The van der Waals surface area contributed by atoms with Crippen molar-refractivity contribution in [3.8, 4) is 0 Å². The second-order valence-corrected chi connectivity index (χ2v) is 5.45. The summed E-state index contributed by atoms with van der Waals surface area (Å²) in [6.07, 6.45) is 0.785. The Kier molecular flexibility index (Phi) is 3.60.